The summed E-state index contributed by atoms with van der Waals surface area (Å²) < 4.78 is 37.4. The number of amides is 1. The van der Waals surface area contributed by atoms with Gasteiger partial charge in [-0.3, -0.25) is 4.79 Å². The molecule has 9 heteroatoms. The van der Waals surface area contributed by atoms with E-state index in [1.807, 2.05) is 44.2 Å². The van der Waals surface area contributed by atoms with Gasteiger partial charge in [-0.2, -0.15) is 4.31 Å². The third kappa shape index (κ3) is 5.93. The Morgan fingerprint density at radius 2 is 1.75 bits per heavy atom. The smallest absolute Gasteiger partial charge is 0.338 e. The first-order valence-electron chi connectivity index (χ1n) is 10.5. The zero-order chi connectivity index (χ0) is 23.1. The lowest BCUT2D eigenvalue weighted by Gasteiger charge is -2.27. The van der Waals surface area contributed by atoms with Crippen molar-refractivity contribution in [3.05, 3.63) is 65.7 Å². The Balaban J connectivity index is 1.65. The zero-order valence-corrected chi connectivity index (χ0v) is 19.1. The highest BCUT2D eigenvalue weighted by Gasteiger charge is 2.27. The summed E-state index contributed by atoms with van der Waals surface area (Å²) >= 11 is 0. The Bertz CT molecular complexity index is 1030. The molecule has 2 aromatic carbocycles. The number of rotatable bonds is 8. The molecule has 1 amide bonds. The minimum atomic E-state index is -3.74. The van der Waals surface area contributed by atoms with Gasteiger partial charge < -0.3 is 14.4 Å². The number of carbonyl (C=O) groups is 2. The van der Waals surface area contributed by atoms with E-state index in [1.165, 1.54) is 28.6 Å². The van der Waals surface area contributed by atoms with Gasteiger partial charge in [0.2, 0.25) is 10.0 Å². The molecule has 0 radical (unpaired) electrons. The number of ether oxygens (including phenoxy) is 2. The minimum absolute atomic E-state index is 0.00746. The predicted octanol–water partition coefficient (Wildman–Crippen LogP) is 2.30. The molecule has 8 nitrogen and oxygen atoms in total. The summed E-state index contributed by atoms with van der Waals surface area (Å²) in [5, 5.41) is 0. The summed E-state index contributed by atoms with van der Waals surface area (Å²) in [6.07, 6.45) is 0. The van der Waals surface area contributed by atoms with Crippen molar-refractivity contribution in [1.82, 2.24) is 9.21 Å². The van der Waals surface area contributed by atoms with Crippen molar-refractivity contribution in [2.24, 2.45) is 0 Å². The lowest BCUT2D eigenvalue weighted by molar-refractivity contribution is -0.136. The van der Waals surface area contributed by atoms with Gasteiger partial charge in [-0.25, -0.2) is 13.2 Å². The van der Waals surface area contributed by atoms with Crippen LogP contribution in [0.25, 0.3) is 0 Å². The Morgan fingerprint density at radius 1 is 1.06 bits per heavy atom. The first-order valence-corrected chi connectivity index (χ1v) is 11.9. The average molecular weight is 461 g/mol. The van der Waals surface area contributed by atoms with E-state index < -0.39 is 22.6 Å². The molecular weight excluding hydrogens is 432 g/mol. The summed E-state index contributed by atoms with van der Waals surface area (Å²) in [5.74, 6) is -1.07. The molecule has 0 aromatic heterocycles. The minimum Gasteiger partial charge on any atom is -0.452 e. The number of esters is 1. The van der Waals surface area contributed by atoms with E-state index in [2.05, 4.69) is 0 Å². The molecule has 1 aliphatic heterocycles. The number of hydrogen-bond donors (Lipinski definition) is 0. The number of carbonyl (C=O) groups excluding carboxylic acids is 2. The van der Waals surface area contributed by atoms with Crippen LogP contribution in [-0.4, -0.2) is 68.5 Å². The zero-order valence-electron chi connectivity index (χ0n) is 18.3. The van der Waals surface area contributed by atoms with Crippen molar-refractivity contribution in [3.8, 4) is 0 Å². The average Bonchev–Trinajstić information content (AvgIpc) is 2.82. The highest BCUT2D eigenvalue weighted by molar-refractivity contribution is 7.89. The van der Waals surface area contributed by atoms with Crippen LogP contribution in [-0.2, 0) is 30.8 Å². The largest absolute Gasteiger partial charge is 0.452 e. The lowest BCUT2D eigenvalue weighted by Crippen LogP contribution is -2.40. The molecule has 1 fully saturated rings. The number of hydrogen-bond acceptors (Lipinski definition) is 6. The van der Waals surface area contributed by atoms with Gasteiger partial charge in [0.25, 0.3) is 5.91 Å². The highest BCUT2D eigenvalue weighted by Crippen LogP contribution is 2.19. The van der Waals surface area contributed by atoms with Gasteiger partial charge in [-0.05, 0) is 37.6 Å². The summed E-state index contributed by atoms with van der Waals surface area (Å²) in [6, 6.07) is 15.1. The van der Waals surface area contributed by atoms with Crippen LogP contribution in [0.15, 0.2) is 59.5 Å². The van der Waals surface area contributed by atoms with Crippen molar-refractivity contribution in [2.75, 3.05) is 32.9 Å². The molecule has 0 aliphatic carbocycles. The van der Waals surface area contributed by atoms with Crippen LogP contribution in [0, 0.1) is 0 Å². The Hall–Kier alpha value is -2.75. The van der Waals surface area contributed by atoms with Gasteiger partial charge in [0, 0.05) is 25.7 Å². The predicted molar refractivity (Wildman–Crippen MR) is 118 cm³/mol. The van der Waals surface area contributed by atoms with E-state index >= 15 is 0 Å². The van der Waals surface area contributed by atoms with Gasteiger partial charge in [-0.1, -0.05) is 36.4 Å². The fourth-order valence-corrected chi connectivity index (χ4v) is 4.81. The second kappa shape index (κ2) is 10.7. The topological polar surface area (TPSA) is 93.2 Å². The summed E-state index contributed by atoms with van der Waals surface area (Å²) in [7, 11) is -3.74. The number of morpholine rings is 1. The SMILES string of the molecule is CC(C)N(Cc1ccccc1)C(=O)COC(=O)c1cccc(S(=O)(=O)N2CCOCC2)c1. The fourth-order valence-electron chi connectivity index (χ4n) is 3.35. The number of nitrogens with zero attached hydrogens (tertiary/aromatic N) is 2. The van der Waals surface area contributed by atoms with E-state index in [4.69, 9.17) is 9.47 Å². The van der Waals surface area contributed by atoms with Crippen LogP contribution in [0.4, 0.5) is 0 Å². The molecule has 1 saturated heterocycles. The van der Waals surface area contributed by atoms with Crippen LogP contribution in [0.5, 0.6) is 0 Å². The van der Waals surface area contributed by atoms with Crippen LogP contribution in [0.2, 0.25) is 0 Å². The second-order valence-electron chi connectivity index (χ2n) is 7.72. The first kappa shape index (κ1) is 23.9. The molecule has 172 valence electrons. The Kier molecular flexibility index (Phi) is 8.00. The summed E-state index contributed by atoms with van der Waals surface area (Å²) in [4.78, 5) is 26.9. The molecule has 1 aliphatic rings. The van der Waals surface area contributed by atoms with Gasteiger partial charge in [0.15, 0.2) is 6.61 Å². The molecule has 0 N–H and O–H groups in total. The van der Waals surface area contributed by atoms with Gasteiger partial charge in [0.05, 0.1) is 23.7 Å². The van der Waals surface area contributed by atoms with Crippen LogP contribution >= 0.6 is 0 Å². The standard InChI is InChI=1S/C23H28N2O6S/c1-18(2)25(16-19-7-4-3-5-8-19)22(26)17-31-23(27)20-9-6-10-21(15-20)32(28,29)24-11-13-30-14-12-24/h3-10,15,18H,11-14,16-17H2,1-2H3. The lowest BCUT2D eigenvalue weighted by atomic mass is 10.2. The third-order valence-corrected chi connectivity index (χ3v) is 7.04. The maximum atomic E-state index is 12.8. The summed E-state index contributed by atoms with van der Waals surface area (Å²) in [5.41, 5.74) is 1.05. The fraction of sp³-hybridized carbons (Fsp3) is 0.391. The van der Waals surface area contributed by atoms with Crippen LogP contribution in [0.3, 0.4) is 0 Å². The van der Waals surface area contributed by atoms with Crippen LogP contribution < -0.4 is 0 Å². The maximum absolute atomic E-state index is 12.8. The van der Waals surface area contributed by atoms with E-state index in [0.717, 1.165) is 5.56 Å². The molecule has 2 aromatic rings. The van der Waals surface area contributed by atoms with Crippen LogP contribution in [0.1, 0.15) is 29.8 Å². The summed E-state index contributed by atoms with van der Waals surface area (Å²) in [6.45, 7) is 4.95. The number of sulfonamides is 1. The molecule has 0 saturated carbocycles. The quantitative estimate of drug-likeness (QED) is 0.561. The van der Waals surface area contributed by atoms with Gasteiger partial charge in [-0.15, -0.1) is 0 Å². The maximum Gasteiger partial charge on any atom is 0.338 e. The van der Waals surface area contributed by atoms with E-state index in [0.29, 0.717) is 19.8 Å². The molecular formula is C23H28N2O6S. The normalized spacial score (nSPS) is 14.8. The molecule has 0 atom stereocenters. The van der Waals surface area contributed by atoms with E-state index in [9.17, 15) is 18.0 Å². The second-order valence-corrected chi connectivity index (χ2v) is 9.66. The monoisotopic (exact) mass is 460 g/mol. The van der Waals surface area contributed by atoms with Crippen molar-refractivity contribution in [3.63, 3.8) is 0 Å². The van der Waals surface area contributed by atoms with Gasteiger partial charge in [0.1, 0.15) is 0 Å². The van der Waals surface area contributed by atoms with Crippen molar-refractivity contribution in [1.29, 1.82) is 0 Å². The first-order chi connectivity index (χ1) is 15.3. The molecule has 32 heavy (non-hydrogen) atoms. The molecule has 0 spiro atoms. The number of benzene rings is 2. The van der Waals surface area contributed by atoms with Gasteiger partial charge >= 0.3 is 5.97 Å². The van der Waals surface area contributed by atoms with Crippen molar-refractivity contribution >= 4 is 21.9 Å². The Labute approximate surface area is 188 Å². The third-order valence-electron chi connectivity index (χ3n) is 5.14. The molecule has 3 rings (SSSR count). The van der Waals surface area contributed by atoms with E-state index in [-0.39, 0.29) is 35.5 Å². The van der Waals surface area contributed by atoms with Crippen molar-refractivity contribution in [2.45, 2.75) is 31.3 Å². The molecule has 0 bridgehead atoms. The molecule has 0 unspecified atom stereocenters. The van der Waals surface area contributed by atoms with Crippen molar-refractivity contribution < 1.29 is 27.5 Å². The Morgan fingerprint density at radius 3 is 2.41 bits per heavy atom. The van der Waals surface area contributed by atoms with E-state index in [1.54, 1.807) is 4.90 Å². The highest BCUT2D eigenvalue weighted by atomic mass is 32.2. The molecule has 1 heterocycles.